The predicted octanol–water partition coefficient (Wildman–Crippen LogP) is 3.79. The summed E-state index contributed by atoms with van der Waals surface area (Å²) in [6.07, 6.45) is 1.24. The van der Waals surface area contributed by atoms with Crippen LogP contribution in [0.25, 0.3) is 5.95 Å². The SMILES string of the molecule is Cc1ccc(Nc2nc(N/N=C\c3cc([N+](=O)[O-])ccc3O)nc(-n3nc(C)cc3C)n2)cc1. The number of nitrogens with zero attached hydrogens (tertiary/aromatic N) is 7. The zero-order valence-electron chi connectivity index (χ0n) is 18.6. The van der Waals surface area contributed by atoms with Crippen LogP contribution in [0.15, 0.2) is 53.6 Å². The molecule has 172 valence electrons. The van der Waals surface area contributed by atoms with Crippen LogP contribution < -0.4 is 10.7 Å². The number of nitro groups is 1. The lowest BCUT2D eigenvalue weighted by molar-refractivity contribution is -0.384. The highest BCUT2D eigenvalue weighted by atomic mass is 16.6. The van der Waals surface area contributed by atoms with Gasteiger partial charge in [0.1, 0.15) is 5.75 Å². The summed E-state index contributed by atoms with van der Waals surface area (Å²) in [6.45, 7) is 5.74. The van der Waals surface area contributed by atoms with Crippen LogP contribution in [0, 0.1) is 30.9 Å². The minimum Gasteiger partial charge on any atom is -0.507 e. The van der Waals surface area contributed by atoms with Gasteiger partial charge in [-0.3, -0.25) is 10.1 Å². The quantitative estimate of drug-likeness (QED) is 0.212. The van der Waals surface area contributed by atoms with E-state index in [1.807, 2.05) is 51.1 Å². The fraction of sp³-hybridized carbons (Fsp3) is 0.136. The Kier molecular flexibility index (Phi) is 6.12. The molecule has 0 saturated heterocycles. The molecule has 0 aliphatic heterocycles. The van der Waals surface area contributed by atoms with Gasteiger partial charge in [0.25, 0.3) is 11.6 Å². The van der Waals surface area contributed by atoms with Crippen molar-refractivity contribution < 1.29 is 10.0 Å². The molecule has 12 heteroatoms. The molecule has 2 heterocycles. The van der Waals surface area contributed by atoms with Crippen LogP contribution >= 0.6 is 0 Å². The Morgan fingerprint density at radius 2 is 1.76 bits per heavy atom. The van der Waals surface area contributed by atoms with E-state index in [0.717, 1.165) is 22.6 Å². The zero-order chi connectivity index (χ0) is 24.2. The van der Waals surface area contributed by atoms with Crippen LogP contribution in [0.5, 0.6) is 5.75 Å². The largest absolute Gasteiger partial charge is 0.507 e. The van der Waals surface area contributed by atoms with E-state index in [1.165, 1.54) is 24.4 Å². The maximum absolute atomic E-state index is 11.0. The van der Waals surface area contributed by atoms with Gasteiger partial charge < -0.3 is 10.4 Å². The third-order valence-electron chi connectivity index (χ3n) is 4.72. The summed E-state index contributed by atoms with van der Waals surface area (Å²) in [4.78, 5) is 23.6. The second-order valence-corrected chi connectivity index (χ2v) is 7.48. The minimum atomic E-state index is -0.556. The number of hydrazone groups is 1. The Balaban J connectivity index is 1.65. The Hall–Kier alpha value is -4.87. The molecule has 0 aliphatic rings. The van der Waals surface area contributed by atoms with E-state index in [4.69, 9.17) is 0 Å². The standard InChI is InChI=1S/C22H21N9O3/c1-13-4-6-17(7-5-13)24-20-25-21(27-22(26-20)30-15(3)10-14(2)29-30)28-23-12-16-11-18(31(33)34)8-9-19(16)32/h4-12,32H,1-3H3,(H2,24,25,26,27,28)/b23-12-. The van der Waals surface area contributed by atoms with Crippen molar-refractivity contribution in [2.45, 2.75) is 20.8 Å². The third-order valence-corrected chi connectivity index (χ3v) is 4.72. The Bertz CT molecular complexity index is 1380. The molecular formula is C22H21N9O3. The maximum atomic E-state index is 11.0. The van der Waals surface area contributed by atoms with Gasteiger partial charge in [0, 0.05) is 29.1 Å². The van der Waals surface area contributed by atoms with Crippen molar-refractivity contribution in [3.8, 4) is 11.7 Å². The molecule has 4 aromatic rings. The fourth-order valence-electron chi connectivity index (χ4n) is 3.08. The van der Waals surface area contributed by atoms with Crippen LogP contribution in [-0.2, 0) is 0 Å². The van der Waals surface area contributed by atoms with Crippen molar-refractivity contribution in [3.05, 3.63) is 81.2 Å². The second kappa shape index (κ2) is 9.32. The number of hydrogen-bond donors (Lipinski definition) is 3. The molecule has 0 spiro atoms. The van der Waals surface area contributed by atoms with Crippen molar-refractivity contribution in [1.82, 2.24) is 24.7 Å². The van der Waals surface area contributed by atoms with Crippen LogP contribution in [0.3, 0.4) is 0 Å². The lowest BCUT2D eigenvalue weighted by Gasteiger charge is -2.10. The summed E-state index contributed by atoms with van der Waals surface area (Å²) in [7, 11) is 0. The molecular weight excluding hydrogens is 438 g/mol. The van der Waals surface area contributed by atoms with Crippen LogP contribution in [0.2, 0.25) is 0 Å². The first-order valence-electron chi connectivity index (χ1n) is 10.2. The van der Waals surface area contributed by atoms with Crippen LogP contribution in [0.1, 0.15) is 22.5 Å². The van der Waals surface area contributed by atoms with E-state index in [9.17, 15) is 15.2 Å². The monoisotopic (exact) mass is 459 g/mol. The third kappa shape index (κ3) is 5.12. The summed E-state index contributed by atoms with van der Waals surface area (Å²) in [5.74, 6) is 0.480. The minimum absolute atomic E-state index is 0.105. The van der Waals surface area contributed by atoms with Gasteiger partial charge in [0.05, 0.1) is 16.8 Å². The lowest BCUT2D eigenvalue weighted by Crippen LogP contribution is -2.11. The van der Waals surface area contributed by atoms with Crippen molar-refractivity contribution in [2.24, 2.45) is 5.10 Å². The number of aryl methyl sites for hydroxylation is 3. The van der Waals surface area contributed by atoms with Gasteiger partial charge in [-0.2, -0.15) is 25.2 Å². The van der Waals surface area contributed by atoms with E-state index in [0.29, 0.717) is 0 Å². The number of aromatic hydroxyl groups is 1. The molecule has 3 N–H and O–H groups in total. The van der Waals surface area contributed by atoms with Crippen molar-refractivity contribution in [3.63, 3.8) is 0 Å². The first-order chi connectivity index (χ1) is 16.3. The molecule has 0 unspecified atom stereocenters. The van der Waals surface area contributed by atoms with Crippen LogP contribution in [0.4, 0.5) is 23.3 Å². The molecule has 34 heavy (non-hydrogen) atoms. The molecule has 4 rings (SSSR count). The lowest BCUT2D eigenvalue weighted by atomic mass is 10.2. The highest BCUT2D eigenvalue weighted by molar-refractivity contribution is 5.84. The predicted molar refractivity (Wildman–Crippen MR) is 127 cm³/mol. The fourth-order valence-corrected chi connectivity index (χ4v) is 3.08. The van der Waals surface area contributed by atoms with Gasteiger partial charge in [-0.15, -0.1) is 0 Å². The molecule has 0 atom stereocenters. The van der Waals surface area contributed by atoms with E-state index in [1.54, 1.807) is 4.68 Å². The number of benzene rings is 2. The topological polar surface area (TPSA) is 156 Å². The van der Waals surface area contributed by atoms with Gasteiger partial charge in [0.15, 0.2) is 0 Å². The van der Waals surface area contributed by atoms with Gasteiger partial charge in [-0.25, -0.2) is 10.1 Å². The number of phenolic OH excluding ortho intramolecular Hbond substituents is 1. The maximum Gasteiger partial charge on any atom is 0.270 e. The highest BCUT2D eigenvalue weighted by Gasteiger charge is 2.13. The number of hydrogen-bond acceptors (Lipinski definition) is 10. The molecule has 0 fully saturated rings. The Morgan fingerprint density at radius 3 is 2.44 bits per heavy atom. The molecule has 0 saturated carbocycles. The molecule has 2 aromatic heterocycles. The number of non-ortho nitro benzene ring substituents is 1. The average Bonchev–Trinajstić information content (AvgIpc) is 3.14. The number of aromatic nitrogens is 5. The van der Waals surface area contributed by atoms with Gasteiger partial charge in [-0.05, 0) is 45.0 Å². The summed E-state index contributed by atoms with van der Waals surface area (Å²) in [5.41, 5.74) is 6.22. The molecule has 0 radical (unpaired) electrons. The highest BCUT2D eigenvalue weighted by Crippen LogP contribution is 2.21. The summed E-state index contributed by atoms with van der Waals surface area (Å²) < 4.78 is 1.58. The number of phenols is 1. The van der Waals surface area contributed by atoms with Crippen molar-refractivity contribution >= 4 is 29.5 Å². The van der Waals surface area contributed by atoms with E-state index < -0.39 is 4.92 Å². The first kappa shape index (κ1) is 22.3. The van der Waals surface area contributed by atoms with E-state index >= 15 is 0 Å². The second-order valence-electron chi connectivity index (χ2n) is 7.48. The van der Waals surface area contributed by atoms with Crippen molar-refractivity contribution in [2.75, 3.05) is 10.7 Å². The Morgan fingerprint density at radius 1 is 1.03 bits per heavy atom. The number of anilines is 3. The number of rotatable bonds is 7. The van der Waals surface area contributed by atoms with E-state index in [-0.39, 0.29) is 34.8 Å². The zero-order valence-corrected chi connectivity index (χ0v) is 18.6. The molecule has 0 aliphatic carbocycles. The van der Waals surface area contributed by atoms with E-state index in [2.05, 4.69) is 35.9 Å². The average molecular weight is 459 g/mol. The summed E-state index contributed by atoms with van der Waals surface area (Å²) in [6, 6.07) is 13.3. The normalized spacial score (nSPS) is 11.0. The van der Waals surface area contributed by atoms with Crippen molar-refractivity contribution in [1.29, 1.82) is 0 Å². The smallest absolute Gasteiger partial charge is 0.270 e. The number of nitrogens with one attached hydrogen (secondary N) is 2. The van der Waals surface area contributed by atoms with Crippen LogP contribution in [-0.4, -0.2) is 41.0 Å². The first-order valence-corrected chi connectivity index (χ1v) is 10.2. The van der Waals surface area contributed by atoms with Gasteiger partial charge in [-0.1, -0.05) is 17.7 Å². The molecule has 0 amide bonds. The molecule has 0 bridgehead atoms. The molecule has 12 nitrogen and oxygen atoms in total. The summed E-state index contributed by atoms with van der Waals surface area (Å²) >= 11 is 0. The number of nitro benzene ring substituents is 1. The Labute approximate surface area is 194 Å². The molecule has 2 aromatic carbocycles. The van der Waals surface area contributed by atoms with Gasteiger partial charge >= 0.3 is 0 Å². The van der Waals surface area contributed by atoms with Gasteiger partial charge in [0.2, 0.25) is 11.9 Å². The summed E-state index contributed by atoms with van der Waals surface area (Å²) in [5, 5.41) is 32.5.